The molecule has 1 N–H and O–H groups in total. The molecular formula is C17H27NO2S. The van der Waals surface area contributed by atoms with Crippen molar-refractivity contribution in [3.05, 3.63) is 35.9 Å². The highest BCUT2D eigenvalue weighted by Crippen LogP contribution is 2.24. The zero-order chi connectivity index (χ0) is 15.1. The Labute approximate surface area is 129 Å². The fraction of sp³-hybridized carbons (Fsp3) is 0.647. The van der Waals surface area contributed by atoms with Gasteiger partial charge in [0.25, 0.3) is 0 Å². The van der Waals surface area contributed by atoms with E-state index in [0.717, 1.165) is 38.6 Å². The normalized spacial score (nSPS) is 22.2. The smallest absolute Gasteiger partial charge is 0.150 e. The molecular weight excluding hydrogens is 282 g/mol. The molecule has 2 atom stereocenters. The Kier molecular flexibility index (Phi) is 6.24. The van der Waals surface area contributed by atoms with Gasteiger partial charge in [-0.1, -0.05) is 37.3 Å². The van der Waals surface area contributed by atoms with Gasteiger partial charge in [-0.3, -0.25) is 0 Å². The summed E-state index contributed by atoms with van der Waals surface area (Å²) in [6.45, 7) is 3.07. The Bertz CT molecular complexity index is 513. The highest BCUT2D eigenvalue weighted by Gasteiger charge is 2.29. The third-order valence-corrected chi connectivity index (χ3v) is 6.14. The van der Waals surface area contributed by atoms with E-state index in [2.05, 4.69) is 36.5 Å². The van der Waals surface area contributed by atoms with Crippen molar-refractivity contribution in [3.8, 4) is 0 Å². The lowest BCUT2D eigenvalue weighted by atomic mass is 9.95. The van der Waals surface area contributed by atoms with Gasteiger partial charge < -0.3 is 5.32 Å². The summed E-state index contributed by atoms with van der Waals surface area (Å²) >= 11 is 0. The predicted octanol–water partition coefficient (Wildman–Crippen LogP) is 2.81. The predicted molar refractivity (Wildman–Crippen MR) is 88.2 cm³/mol. The van der Waals surface area contributed by atoms with Crippen molar-refractivity contribution in [3.63, 3.8) is 0 Å². The van der Waals surface area contributed by atoms with Crippen LogP contribution in [0.3, 0.4) is 0 Å². The average molecular weight is 309 g/mol. The van der Waals surface area contributed by atoms with Crippen molar-refractivity contribution in [1.29, 1.82) is 0 Å². The van der Waals surface area contributed by atoms with Crippen LogP contribution in [0.4, 0.5) is 0 Å². The number of aryl methyl sites for hydroxylation is 1. The molecule has 1 heterocycles. The van der Waals surface area contributed by atoms with Crippen molar-refractivity contribution >= 4 is 9.84 Å². The van der Waals surface area contributed by atoms with Crippen LogP contribution in [0, 0.1) is 5.92 Å². The van der Waals surface area contributed by atoms with Gasteiger partial charge in [0.05, 0.1) is 11.5 Å². The third-order valence-electron chi connectivity index (χ3n) is 4.30. The van der Waals surface area contributed by atoms with Crippen LogP contribution in [0.2, 0.25) is 0 Å². The molecule has 0 radical (unpaired) electrons. The summed E-state index contributed by atoms with van der Waals surface area (Å²) in [5.41, 5.74) is 1.39. The molecule has 0 bridgehead atoms. The largest absolute Gasteiger partial charge is 0.314 e. The maximum atomic E-state index is 11.6. The molecule has 4 heteroatoms. The lowest BCUT2D eigenvalue weighted by molar-refractivity contribution is 0.386. The van der Waals surface area contributed by atoms with E-state index in [0.29, 0.717) is 23.5 Å². The molecule has 1 aliphatic rings. The molecule has 1 aromatic carbocycles. The molecule has 2 rings (SSSR count). The molecule has 1 fully saturated rings. The molecule has 1 aliphatic heterocycles. The van der Waals surface area contributed by atoms with Gasteiger partial charge >= 0.3 is 0 Å². The average Bonchev–Trinajstić information content (AvgIpc) is 2.79. The molecule has 21 heavy (non-hydrogen) atoms. The monoisotopic (exact) mass is 309 g/mol. The van der Waals surface area contributed by atoms with E-state index in [1.807, 2.05) is 6.07 Å². The molecule has 0 saturated carbocycles. The molecule has 1 aromatic rings. The molecule has 0 spiro atoms. The zero-order valence-electron chi connectivity index (χ0n) is 12.9. The molecule has 1 saturated heterocycles. The van der Waals surface area contributed by atoms with Crippen LogP contribution in [0.25, 0.3) is 0 Å². The lowest BCUT2D eigenvalue weighted by Crippen LogP contribution is -2.31. The molecule has 0 aromatic heterocycles. The summed E-state index contributed by atoms with van der Waals surface area (Å²) in [6, 6.07) is 11.0. The van der Waals surface area contributed by atoms with Gasteiger partial charge in [-0.25, -0.2) is 8.42 Å². The Balaban J connectivity index is 1.76. The maximum absolute atomic E-state index is 11.6. The van der Waals surface area contributed by atoms with Crippen molar-refractivity contribution in [2.24, 2.45) is 5.92 Å². The van der Waals surface area contributed by atoms with Crippen LogP contribution in [-0.2, 0) is 16.3 Å². The van der Waals surface area contributed by atoms with E-state index in [9.17, 15) is 8.42 Å². The number of hydrogen-bond donors (Lipinski definition) is 1. The van der Waals surface area contributed by atoms with Crippen LogP contribution in [0.5, 0.6) is 0 Å². The SMILES string of the molecule is CCNC(CCCc1ccccc1)CC1CCS(=O)(=O)C1. The number of hydrogen-bond acceptors (Lipinski definition) is 3. The van der Waals surface area contributed by atoms with E-state index in [-0.39, 0.29) is 0 Å². The van der Waals surface area contributed by atoms with Crippen molar-refractivity contribution < 1.29 is 8.42 Å². The summed E-state index contributed by atoms with van der Waals surface area (Å²) in [5, 5.41) is 3.53. The summed E-state index contributed by atoms with van der Waals surface area (Å²) in [7, 11) is -2.75. The summed E-state index contributed by atoms with van der Waals surface area (Å²) in [5.74, 6) is 1.14. The zero-order valence-corrected chi connectivity index (χ0v) is 13.7. The fourth-order valence-electron chi connectivity index (χ4n) is 3.25. The number of sulfone groups is 1. The standard InChI is InChI=1S/C17H27NO2S/c1-2-18-17(13-16-11-12-21(19,20)14-16)10-6-9-15-7-4-3-5-8-15/h3-5,7-8,16-18H,2,6,9-14H2,1H3. The second kappa shape index (κ2) is 7.95. The van der Waals surface area contributed by atoms with Gasteiger partial charge in [0.15, 0.2) is 9.84 Å². The molecule has 0 aliphatic carbocycles. The van der Waals surface area contributed by atoms with E-state index in [1.54, 1.807) is 0 Å². The minimum atomic E-state index is -2.75. The first-order valence-electron chi connectivity index (χ1n) is 8.07. The number of benzene rings is 1. The summed E-state index contributed by atoms with van der Waals surface area (Å²) in [6.07, 6.45) is 5.23. The van der Waals surface area contributed by atoms with Gasteiger partial charge in [-0.15, -0.1) is 0 Å². The first-order valence-corrected chi connectivity index (χ1v) is 9.89. The fourth-order valence-corrected chi connectivity index (χ4v) is 5.13. The Morgan fingerprint density at radius 2 is 2.05 bits per heavy atom. The van der Waals surface area contributed by atoms with Crippen molar-refractivity contribution in [2.75, 3.05) is 18.1 Å². The molecule has 0 amide bonds. The Morgan fingerprint density at radius 1 is 1.29 bits per heavy atom. The van der Waals surface area contributed by atoms with E-state index < -0.39 is 9.84 Å². The second-order valence-electron chi connectivity index (χ2n) is 6.14. The van der Waals surface area contributed by atoms with Crippen LogP contribution < -0.4 is 5.32 Å². The van der Waals surface area contributed by atoms with Gasteiger partial charge in [0.1, 0.15) is 0 Å². The van der Waals surface area contributed by atoms with E-state index >= 15 is 0 Å². The first kappa shape index (κ1) is 16.5. The molecule has 118 valence electrons. The lowest BCUT2D eigenvalue weighted by Gasteiger charge is -2.21. The highest BCUT2D eigenvalue weighted by atomic mass is 32.2. The van der Waals surface area contributed by atoms with Crippen molar-refractivity contribution in [1.82, 2.24) is 5.32 Å². The molecule has 3 nitrogen and oxygen atoms in total. The first-order chi connectivity index (χ1) is 10.1. The molecule has 2 unspecified atom stereocenters. The van der Waals surface area contributed by atoms with E-state index in [1.165, 1.54) is 5.56 Å². The summed E-state index contributed by atoms with van der Waals surface area (Å²) < 4.78 is 23.1. The highest BCUT2D eigenvalue weighted by molar-refractivity contribution is 7.91. The Hall–Kier alpha value is -0.870. The van der Waals surface area contributed by atoms with E-state index in [4.69, 9.17) is 0 Å². The Morgan fingerprint density at radius 3 is 2.67 bits per heavy atom. The number of rotatable bonds is 8. The van der Waals surface area contributed by atoms with Crippen LogP contribution in [0.15, 0.2) is 30.3 Å². The van der Waals surface area contributed by atoms with Crippen LogP contribution >= 0.6 is 0 Å². The minimum Gasteiger partial charge on any atom is -0.314 e. The van der Waals surface area contributed by atoms with Gasteiger partial charge in [0, 0.05) is 6.04 Å². The maximum Gasteiger partial charge on any atom is 0.150 e. The topological polar surface area (TPSA) is 46.2 Å². The number of nitrogens with one attached hydrogen (secondary N) is 1. The minimum absolute atomic E-state index is 0.357. The summed E-state index contributed by atoms with van der Waals surface area (Å²) in [4.78, 5) is 0. The van der Waals surface area contributed by atoms with Crippen LogP contribution in [0.1, 0.15) is 38.2 Å². The van der Waals surface area contributed by atoms with Gasteiger partial charge in [0.2, 0.25) is 0 Å². The van der Waals surface area contributed by atoms with Crippen LogP contribution in [-0.4, -0.2) is 32.5 Å². The second-order valence-corrected chi connectivity index (χ2v) is 8.37. The quantitative estimate of drug-likeness (QED) is 0.803. The van der Waals surface area contributed by atoms with Gasteiger partial charge in [-0.05, 0) is 50.1 Å². The van der Waals surface area contributed by atoms with Gasteiger partial charge in [-0.2, -0.15) is 0 Å². The van der Waals surface area contributed by atoms with Crippen molar-refractivity contribution in [2.45, 2.75) is 45.1 Å². The third kappa shape index (κ3) is 5.79.